The Balaban J connectivity index is 2.06. The maximum absolute atomic E-state index is 13.5. The lowest BCUT2D eigenvalue weighted by Crippen LogP contribution is -2.22. The molecule has 122 valence electrons. The van der Waals surface area contributed by atoms with E-state index in [1.54, 1.807) is 12.1 Å². The van der Waals surface area contributed by atoms with Crippen molar-refractivity contribution in [1.29, 1.82) is 0 Å². The van der Waals surface area contributed by atoms with Gasteiger partial charge in [-0.1, -0.05) is 50.6 Å². The van der Waals surface area contributed by atoms with E-state index in [1.165, 1.54) is 12.1 Å². The second-order valence-electron chi connectivity index (χ2n) is 6.57. The van der Waals surface area contributed by atoms with E-state index in [-0.39, 0.29) is 17.7 Å². The molecule has 2 aromatic rings. The molecule has 0 aromatic heterocycles. The largest absolute Gasteiger partial charge is 0.483 e. The van der Waals surface area contributed by atoms with Gasteiger partial charge in [-0.05, 0) is 36.1 Å². The van der Waals surface area contributed by atoms with Crippen molar-refractivity contribution in [2.24, 2.45) is 0 Å². The number of hydrogen-bond acceptors (Lipinski definition) is 2. The molecular formula is C19H22FNO2. The van der Waals surface area contributed by atoms with Gasteiger partial charge >= 0.3 is 0 Å². The maximum atomic E-state index is 13.5. The summed E-state index contributed by atoms with van der Waals surface area (Å²) < 4.78 is 19.2. The zero-order valence-electron chi connectivity index (χ0n) is 13.9. The summed E-state index contributed by atoms with van der Waals surface area (Å²) in [6, 6.07) is 11.9. The molecule has 0 unspecified atom stereocenters. The number of benzene rings is 2. The minimum Gasteiger partial charge on any atom is -0.483 e. The number of rotatable bonds is 4. The van der Waals surface area contributed by atoms with Gasteiger partial charge in [0.1, 0.15) is 11.6 Å². The van der Waals surface area contributed by atoms with Crippen molar-refractivity contribution >= 4 is 11.6 Å². The first kappa shape index (κ1) is 17.0. The molecule has 0 aliphatic rings. The van der Waals surface area contributed by atoms with Crippen molar-refractivity contribution in [3.8, 4) is 5.75 Å². The Morgan fingerprint density at radius 3 is 2.52 bits per heavy atom. The molecular weight excluding hydrogens is 293 g/mol. The van der Waals surface area contributed by atoms with E-state index in [2.05, 4.69) is 32.2 Å². The predicted molar refractivity (Wildman–Crippen MR) is 90.4 cm³/mol. The summed E-state index contributed by atoms with van der Waals surface area (Å²) >= 11 is 0. The highest BCUT2D eigenvalue weighted by Gasteiger charge is 2.19. The minimum absolute atomic E-state index is 0.0939. The van der Waals surface area contributed by atoms with Crippen LogP contribution in [0, 0.1) is 12.7 Å². The van der Waals surface area contributed by atoms with Crippen molar-refractivity contribution in [3.05, 3.63) is 59.4 Å². The highest BCUT2D eigenvalue weighted by atomic mass is 19.1. The first-order valence-electron chi connectivity index (χ1n) is 7.55. The van der Waals surface area contributed by atoms with E-state index >= 15 is 0 Å². The summed E-state index contributed by atoms with van der Waals surface area (Å²) in [5, 5.41) is 2.51. The van der Waals surface area contributed by atoms with E-state index in [9.17, 15) is 9.18 Å². The fraction of sp³-hybridized carbons (Fsp3) is 0.316. The van der Waals surface area contributed by atoms with Crippen LogP contribution < -0.4 is 10.1 Å². The molecule has 0 spiro atoms. The Kier molecular flexibility index (Phi) is 5.04. The van der Waals surface area contributed by atoms with E-state index in [1.807, 2.05) is 19.1 Å². The maximum Gasteiger partial charge on any atom is 0.262 e. The molecule has 4 heteroatoms. The highest BCUT2D eigenvalue weighted by Crippen LogP contribution is 2.32. The number of carbonyl (C=O) groups is 1. The van der Waals surface area contributed by atoms with Crippen LogP contribution in [-0.4, -0.2) is 12.5 Å². The van der Waals surface area contributed by atoms with Gasteiger partial charge in [-0.15, -0.1) is 0 Å². The Morgan fingerprint density at radius 2 is 1.87 bits per heavy atom. The summed E-state index contributed by atoms with van der Waals surface area (Å²) in [5.74, 6) is -0.186. The molecule has 0 atom stereocenters. The van der Waals surface area contributed by atoms with Crippen molar-refractivity contribution < 1.29 is 13.9 Å². The third kappa shape index (κ3) is 4.55. The highest BCUT2D eigenvalue weighted by molar-refractivity contribution is 5.92. The van der Waals surface area contributed by atoms with Crippen LogP contribution in [0.5, 0.6) is 5.75 Å². The lowest BCUT2D eigenvalue weighted by molar-refractivity contribution is -0.118. The van der Waals surface area contributed by atoms with Gasteiger partial charge in [0.05, 0.1) is 5.69 Å². The molecule has 0 heterocycles. The summed E-state index contributed by atoms with van der Waals surface area (Å²) in [4.78, 5) is 12.0. The Labute approximate surface area is 136 Å². The zero-order chi connectivity index (χ0) is 17.0. The number of amides is 1. The number of aryl methyl sites for hydroxylation is 1. The summed E-state index contributed by atoms with van der Waals surface area (Å²) in [6.07, 6.45) is 0. The molecule has 2 aromatic carbocycles. The molecule has 1 amide bonds. The second kappa shape index (κ2) is 6.82. The van der Waals surface area contributed by atoms with Gasteiger partial charge in [-0.25, -0.2) is 4.39 Å². The van der Waals surface area contributed by atoms with Gasteiger partial charge in [0.25, 0.3) is 5.91 Å². The molecule has 2 rings (SSSR count). The van der Waals surface area contributed by atoms with Crippen molar-refractivity contribution in [2.45, 2.75) is 33.1 Å². The van der Waals surface area contributed by atoms with E-state index in [4.69, 9.17) is 4.74 Å². The third-order valence-corrected chi connectivity index (χ3v) is 3.45. The van der Waals surface area contributed by atoms with E-state index in [0.29, 0.717) is 5.75 Å². The van der Waals surface area contributed by atoms with Crippen LogP contribution in [0.2, 0.25) is 0 Å². The lowest BCUT2D eigenvalue weighted by Gasteiger charge is -2.23. The first-order chi connectivity index (χ1) is 10.8. The molecule has 0 saturated carbocycles. The van der Waals surface area contributed by atoms with Crippen LogP contribution in [-0.2, 0) is 10.2 Å². The average molecular weight is 315 g/mol. The van der Waals surface area contributed by atoms with E-state index < -0.39 is 11.7 Å². The number of halogens is 1. The van der Waals surface area contributed by atoms with Crippen LogP contribution in [0.1, 0.15) is 31.9 Å². The van der Waals surface area contributed by atoms with Gasteiger partial charge in [0.15, 0.2) is 6.61 Å². The predicted octanol–water partition coefficient (Wildman–Crippen LogP) is 4.45. The molecule has 0 saturated heterocycles. The molecule has 0 bridgehead atoms. The van der Waals surface area contributed by atoms with Crippen LogP contribution in [0.25, 0.3) is 0 Å². The number of hydrogen-bond donors (Lipinski definition) is 1. The molecule has 0 radical (unpaired) electrons. The molecule has 0 aliphatic carbocycles. The van der Waals surface area contributed by atoms with Gasteiger partial charge in [0.2, 0.25) is 0 Å². The smallest absolute Gasteiger partial charge is 0.262 e. The molecule has 0 aliphatic heterocycles. The van der Waals surface area contributed by atoms with Gasteiger partial charge in [0, 0.05) is 0 Å². The molecule has 0 fully saturated rings. The van der Waals surface area contributed by atoms with Gasteiger partial charge in [-0.3, -0.25) is 4.79 Å². The Hall–Kier alpha value is -2.36. The fourth-order valence-corrected chi connectivity index (χ4v) is 2.25. The topological polar surface area (TPSA) is 38.3 Å². The molecule has 23 heavy (non-hydrogen) atoms. The third-order valence-electron chi connectivity index (χ3n) is 3.45. The van der Waals surface area contributed by atoms with Gasteiger partial charge < -0.3 is 10.1 Å². The Bertz CT molecular complexity index is 705. The average Bonchev–Trinajstić information content (AvgIpc) is 2.47. The first-order valence-corrected chi connectivity index (χ1v) is 7.55. The second-order valence-corrected chi connectivity index (χ2v) is 6.57. The van der Waals surface area contributed by atoms with Gasteiger partial charge in [-0.2, -0.15) is 0 Å². The summed E-state index contributed by atoms with van der Waals surface area (Å²) in [7, 11) is 0. The van der Waals surface area contributed by atoms with Crippen molar-refractivity contribution in [1.82, 2.24) is 0 Å². The fourth-order valence-electron chi connectivity index (χ4n) is 2.25. The van der Waals surface area contributed by atoms with Crippen LogP contribution in [0.4, 0.5) is 10.1 Å². The van der Waals surface area contributed by atoms with Crippen molar-refractivity contribution in [2.75, 3.05) is 11.9 Å². The van der Waals surface area contributed by atoms with Crippen LogP contribution in [0.15, 0.2) is 42.5 Å². The summed E-state index contributed by atoms with van der Waals surface area (Å²) in [5.41, 5.74) is 2.24. The number of anilines is 1. The van der Waals surface area contributed by atoms with Crippen LogP contribution >= 0.6 is 0 Å². The number of para-hydroxylation sites is 1. The van der Waals surface area contributed by atoms with E-state index in [0.717, 1.165) is 11.1 Å². The lowest BCUT2D eigenvalue weighted by atomic mass is 9.85. The minimum atomic E-state index is -0.466. The Morgan fingerprint density at radius 1 is 1.17 bits per heavy atom. The number of ether oxygens (including phenoxy) is 1. The molecule has 3 nitrogen and oxygen atoms in total. The number of carbonyl (C=O) groups excluding carboxylic acids is 1. The van der Waals surface area contributed by atoms with Crippen molar-refractivity contribution in [3.63, 3.8) is 0 Å². The monoisotopic (exact) mass is 315 g/mol. The SMILES string of the molecule is Cc1ccc(OCC(=O)Nc2ccccc2F)c(C(C)(C)C)c1. The standard InChI is InChI=1S/C19H22FNO2/c1-13-9-10-17(14(11-13)19(2,3)4)23-12-18(22)21-16-8-6-5-7-15(16)20/h5-11H,12H2,1-4H3,(H,21,22). The quantitative estimate of drug-likeness (QED) is 0.905. The number of nitrogens with one attached hydrogen (secondary N) is 1. The normalized spacial score (nSPS) is 11.2. The van der Waals surface area contributed by atoms with Crippen LogP contribution in [0.3, 0.4) is 0 Å². The summed E-state index contributed by atoms with van der Waals surface area (Å²) in [6.45, 7) is 8.13. The zero-order valence-corrected chi connectivity index (χ0v) is 13.9. The molecule has 1 N–H and O–H groups in total.